The van der Waals surface area contributed by atoms with Crippen LogP contribution in [0.3, 0.4) is 0 Å². The lowest BCUT2D eigenvalue weighted by atomic mass is 9.87. The van der Waals surface area contributed by atoms with Gasteiger partial charge in [-0.05, 0) is 53.1 Å². The highest BCUT2D eigenvalue weighted by atomic mass is 32.1. The van der Waals surface area contributed by atoms with Crippen molar-refractivity contribution in [1.29, 1.82) is 0 Å². The molecule has 1 aliphatic heterocycles. The van der Waals surface area contributed by atoms with Crippen LogP contribution in [0, 0.1) is 0 Å². The van der Waals surface area contributed by atoms with E-state index >= 15 is 0 Å². The van der Waals surface area contributed by atoms with Crippen molar-refractivity contribution in [3.63, 3.8) is 0 Å². The number of benzene rings is 2. The monoisotopic (exact) mass is 460 g/mol. The van der Waals surface area contributed by atoms with E-state index in [-0.39, 0.29) is 22.9 Å². The molecule has 33 heavy (non-hydrogen) atoms. The summed E-state index contributed by atoms with van der Waals surface area (Å²) in [6.45, 7) is 9.05. The van der Waals surface area contributed by atoms with Crippen LogP contribution in [-0.4, -0.2) is 18.4 Å². The molecule has 0 fully saturated rings. The van der Waals surface area contributed by atoms with Gasteiger partial charge in [-0.25, -0.2) is 4.90 Å². The molecule has 2 aromatic carbocycles. The minimum Gasteiger partial charge on any atom is -0.494 e. The van der Waals surface area contributed by atoms with E-state index in [1.54, 1.807) is 0 Å². The number of thiophene rings is 1. The summed E-state index contributed by atoms with van der Waals surface area (Å²) >= 11 is 1.44. The third-order valence-corrected chi connectivity index (χ3v) is 6.31. The first-order valence-corrected chi connectivity index (χ1v) is 11.9. The average Bonchev–Trinajstić information content (AvgIpc) is 3.39. The fourth-order valence-corrected chi connectivity index (χ4v) is 4.44. The highest BCUT2D eigenvalue weighted by Gasteiger charge is 2.40. The number of carbonyl (C=O) groups excluding carboxylic acids is 2. The zero-order valence-electron chi connectivity index (χ0n) is 19.3. The summed E-state index contributed by atoms with van der Waals surface area (Å²) in [7, 11) is 0. The molecular weight excluding hydrogens is 432 g/mol. The molecule has 1 N–H and O–H groups in total. The quantitative estimate of drug-likeness (QED) is 0.425. The predicted octanol–water partition coefficient (Wildman–Crippen LogP) is 6.23. The number of nitrogens with one attached hydrogen (secondary N) is 1. The molecule has 2 amide bonds. The van der Waals surface area contributed by atoms with E-state index in [1.165, 1.54) is 16.2 Å². The van der Waals surface area contributed by atoms with Gasteiger partial charge in [0.1, 0.15) is 11.4 Å². The number of rotatable bonds is 7. The first kappa shape index (κ1) is 22.8. The van der Waals surface area contributed by atoms with Gasteiger partial charge in [-0.2, -0.15) is 0 Å². The Bertz CT molecular complexity index is 1190. The standard InChI is InChI=1S/C27H28N2O3S/c1-5-15-32-21-9-6-8-19(17-21)28-24-23(22-10-7-16-33-22)25(30)29(26(24)31)20-13-11-18(12-14-20)27(2,3)4/h6-14,16-17,28H,5,15H2,1-4H3. The molecule has 0 saturated heterocycles. The van der Waals surface area contributed by atoms with E-state index in [1.807, 2.05) is 73.0 Å². The molecule has 0 unspecified atom stereocenters. The fourth-order valence-electron chi connectivity index (χ4n) is 3.67. The normalized spacial score (nSPS) is 14.2. The number of hydrogen-bond donors (Lipinski definition) is 1. The van der Waals surface area contributed by atoms with E-state index in [0.717, 1.165) is 16.9 Å². The lowest BCUT2D eigenvalue weighted by Gasteiger charge is -2.21. The Morgan fingerprint density at radius 2 is 1.73 bits per heavy atom. The second kappa shape index (κ2) is 9.24. The summed E-state index contributed by atoms with van der Waals surface area (Å²) < 4.78 is 5.72. The number of amides is 2. The molecule has 4 rings (SSSR count). The molecule has 170 valence electrons. The zero-order valence-corrected chi connectivity index (χ0v) is 20.2. The Balaban J connectivity index is 1.70. The molecule has 0 radical (unpaired) electrons. The maximum Gasteiger partial charge on any atom is 0.282 e. The number of ether oxygens (including phenoxy) is 1. The van der Waals surface area contributed by atoms with Gasteiger partial charge in [0, 0.05) is 16.6 Å². The van der Waals surface area contributed by atoms with Crippen molar-refractivity contribution in [3.8, 4) is 5.75 Å². The maximum absolute atomic E-state index is 13.5. The van der Waals surface area contributed by atoms with Gasteiger partial charge in [-0.15, -0.1) is 11.3 Å². The van der Waals surface area contributed by atoms with Gasteiger partial charge in [0.2, 0.25) is 0 Å². The predicted molar refractivity (Wildman–Crippen MR) is 135 cm³/mol. The van der Waals surface area contributed by atoms with E-state index < -0.39 is 0 Å². The van der Waals surface area contributed by atoms with E-state index in [0.29, 0.717) is 29.3 Å². The second-order valence-corrected chi connectivity index (χ2v) is 9.92. The maximum atomic E-state index is 13.5. The Morgan fingerprint density at radius 3 is 2.36 bits per heavy atom. The lowest BCUT2D eigenvalue weighted by Crippen LogP contribution is -2.32. The number of carbonyl (C=O) groups is 2. The van der Waals surface area contributed by atoms with Crippen LogP contribution in [0.4, 0.5) is 11.4 Å². The van der Waals surface area contributed by atoms with Crippen LogP contribution in [-0.2, 0) is 15.0 Å². The fraction of sp³-hybridized carbons (Fsp3) is 0.259. The van der Waals surface area contributed by atoms with Crippen LogP contribution in [0.1, 0.15) is 44.6 Å². The molecule has 0 aliphatic carbocycles. The van der Waals surface area contributed by atoms with Crippen LogP contribution < -0.4 is 15.0 Å². The number of nitrogens with zero attached hydrogens (tertiary/aromatic N) is 1. The Labute approximate surface area is 198 Å². The van der Waals surface area contributed by atoms with E-state index in [9.17, 15) is 9.59 Å². The molecule has 1 aromatic heterocycles. The molecule has 6 heteroatoms. The largest absolute Gasteiger partial charge is 0.494 e. The lowest BCUT2D eigenvalue weighted by molar-refractivity contribution is -0.120. The van der Waals surface area contributed by atoms with Crippen LogP contribution in [0.15, 0.2) is 71.7 Å². The third kappa shape index (κ3) is 4.71. The molecule has 0 atom stereocenters. The van der Waals surface area contributed by atoms with Crippen molar-refractivity contribution in [2.75, 3.05) is 16.8 Å². The molecule has 0 bridgehead atoms. The Morgan fingerprint density at radius 1 is 0.970 bits per heavy atom. The summed E-state index contributed by atoms with van der Waals surface area (Å²) in [4.78, 5) is 29.0. The summed E-state index contributed by atoms with van der Waals surface area (Å²) in [6.07, 6.45) is 0.904. The molecule has 1 aliphatic rings. The van der Waals surface area contributed by atoms with Crippen molar-refractivity contribution >= 4 is 40.1 Å². The van der Waals surface area contributed by atoms with Gasteiger partial charge in [0.25, 0.3) is 11.8 Å². The van der Waals surface area contributed by atoms with E-state index in [4.69, 9.17) is 4.74 Å². The highest BCUT2D eigenvalue weighted by molar-refractivity contribution is 7.11. The first-order chi connectivity index (χ1) is 15.8. The van der Waals surface area contributed by atoms with Crippen LogP contribution in [0.2, 0.25) is 0 Å². The number of imide groups is 1. The van der Waals surface area contributed by atoms with Crippen molar-refractivity contribution in [3.05, 3.63) is 82.2 Å². The summed E-state index contributed by atoms with van der Waals surface area (Å²) in [5.41, 5.74) is 3.03. The van der Waals surface area contributed by atoms with Crippen LogP contribution in [0.5, 0.6) is 5.75 Å². The van der Waals surface area contributed by atoms with Gasteiger partial charge >= 0.3 is 0 Å². The summed E-state index contributed by atoms with van der Waals surface area (Å²) in [6, 6.07) is 18.8. The number of hydrogen-bond acceptors (Lipinski definition) is 5. The minimum absolute atomic E-state index is 0.0183. The molecule has 2 heterocycles. The van der Waals surface area contributed by atoms with Crippen molar-refractivity contribution < 1.29 is 14.3 Å². The van der Waals surface area contributed by atoms with Gasteiger partial charge in [-0.1, -0.05) is 52.0 Å². The molecule has 0 saturated carbocycles. The smallest absolute Gasteiger partial charge is 0.282 e. The molecule has 0 spiro atoms. The molecule has 5 nitrogen and oxygen atoms in total. The second-order valence-electron chi connectivity index (χ2n) is 8.97. The summed E-state index contributed by atoms with van der Waals surface area (Å²) in [5.74, 6) is 0.0187. The number of anilines is 2. The Hall–Kier alpha value is -3.38. The first-order valence-electron chi connectivity index (χ1n) is 11.1. The average molecular weight is 461 g/mol. The Kier molecular flexibility index (Phi) is 6.38. The van der Waals surface area contributed by atoms with E-state index in [2.05, 4.69) is 26.1 Å². The minimum atomic E-state index is -0.369. The van der Waals surface area contributed by atoms with Crippen molar-refractivity contribution in [2.24, 2.45) is 0 Å². The SMILES string of the molecule is CCCOc1cccc(NC2=C(c3cccs3)C(=O)N(c3ccc(C(C)(C)C)cc3)C2=O)c1. The van der Waals surface area contributed by atoms with Crippen molar-refractivity contribution in [2.45, 2.75) is 39.5 Å². The zero-order chi connectivity index (χ0) is 23.6. The van der Waals surface area contributed by atoms with Gasteiger partial charge in [0.05, 0.1) is 17.9 Å². The third-order valence-electron chi connectivity index (χ3n) is 5.42. The topological polar surface area (TPSA) is 58.6 Å². The molecule has 3 aromatic rings. The van der Waals surface area contributed by atoms with Gasteiger partial charge in [0.15, 0.2) is 0 Å². The van der Waals surface area contributed by atoms with Crippen LogP contribution >= 0.6 is 11.3 Å². The van der Waals surface area contributed by atoms with Crippen molar-refractivity contribution in [1.82, 2.24) is 0 Å². The molecular formula is C27H28N2O3S. The van der Waals surface area contributed by atoms with Crippen LogP contribution in [0.25, 0.3) is 5.57 Å². The van der Waals surface area contributed by atoms with Gasteiger partial charge in [-0.3, -0.25) is 9.59 Å². The highest BCUT2D eigenvalue weighted by Crippen LogP contribution is 2.36. The van der Waals surface area contributed by atoms with Gasteiger partial charge < -0.3 is 10.1 Å². The summed E-state index contributed by atoms with van der Waals surface area (Å²) in [5, 5.41) is 5.11.